The highest BCUT2D eigenvalue weighted by Crippen LogP contribution is 2.18. The minimum atomic E-state index is -0.477. The van der Waals surface area contributed by atoms with Crippen LogP contribution in [0.5, 0.6) is 5.75 Å². The van der Waals surface area contributed by atoms with E-state index in [4.69, 9.17) is 10.5 Å². The van der Waals surface area contributed by atoms with E-state index in [0.29, 0.717) is 24.9 Å². The number of hydrogen-bond acceptors (Lipinski definition) is 3. The molecule has 1 aromatic carbocycles. The third-order valence-electron chi connectivity index (χ3n) is 2.75. The highest BCUT2D eigenvalue weighted by atomic mass is 16.5. The van der Waals surface area contributed by atoms with Crippen LogP contribution in [0.4, 0.5) is 5.69 Å². The number of benzene rings is 1. The maximum Gasteiger partial charge on any atom is 0.241 e. The molecule has 3 N–H and O–H groups in total. The molecule has 0 aliphatic carbocycles. The first-order valence-electron chi connectivity index (χ1n) is 7.17. The minimum absolute atomic E-state index is 0.153. The van der Waals surface area contributed by atoms with Gasteiger partial charge in [-0.1, -0.05) is 33.8 Å². The number of anilines is 1. The van der Waals surface area contributed by atoms with Crippen LogP contribution in [-0.4, -0.2) is 18.6 Å². The summed E-state index contributed by atoms with van der Waals surface area (Å²) in [5.74, 6) is 1.47. The first-order valence-corrected chi connectivity index (χ1v) is 7.17. The summed E-state index contributed by atoms with van der Waals surface area (Å²) in [4.78, 5) is 11.9. The van der Waals surface area contributed by atoms with Crippen molar-refractivity contribution in [3.8, 4) is 5.75 Å². The van der Waals surface area contributed by atoms with Crippen molar-refractivity contribution >= 4 is 11.6 Å². The topological polar surface area (TPSA) is 64.3 Å². The maximum atomic E-state index is 11.9. The molecule has 0 aromatic heterocycles. The fourth-order valence-electron chi connectivity index (χ4n) is 1.78. The monoisotopic (exact) mass is 278 g/mol. The van der Waals surface area contributed by atoms with E-state index in [1.54, 1.807) is 0 Å². The molecule has 0 aliphatic heterocycles. The number of hydrogen-bond donors (Lipinski definition) is 2. The van der Waals surface area contributed by atoms with Crippen LogP contribution in [0.25, 0.3) is 0 Å². The van der Waals surface area contributed by atoms with Crippen molar-refractivity contribution in [2.24, 2.45) is 17.6 Å². The summed E-state index contributed by atoms with van der Waals surface area (Å²) in [6.07, 6.45) is 0.676. The fourth-order valence-corrected chi connectivity index (χ4v) is 1.78. The van der Waals surface area contributed by atoms with Gasteiger partial charge < -0.3 is 15.8 Å². The number of amides is 1. The predicted octanol–water partition coefficient (Wildman–Crippen LogP) is 3.03. The summed E-state index contributed by atoms with van der Waals surface area (Å²) in [6, 6.07) is 6.92. The van der Waals surface area contributed by atoms with Crippen LogP contribution in [0.15, 0.2) is 24.3 Å². The van der Waals surface area contributed by atoms with Gasteiger partial charge in [0.25, 0.3) is 0 Å². The van der Waals surface area contributed by atoms with E-state index in [1.807, 2.05) is 38.1 Å². The maximum absolute atomic E-state index is 11.9. The molecule has 0 radical (unpaired) electrons. The number of carbonyl (C=O) groups is 1. The highest BCUT2D eigenvalue weighted by molar-refractivity contribution is 5.94. The Bertz CT molecular complexity index is 430. The summed E-state index contributed by atoms with van der Waals surface area (Å²) >= 11 is 0. The zero-order valence-electron chi connectivity index (χ0n) is 12.8. The molecule has 0 unspecified atom stereocenters. The molecule has 0 bridgehead atoms. The Morgan fingerprint density at radius 2 is 1.95 bits per heavy atom. The van der Waals surface area contributed by atoms with Crippen molar-refractivity contribution in [2.45, 2.75) is 40.2 Å². The summed E-state index contributed by atoms with van der Waals surface area (Å²) in [5.41, 5.74) is 6.58. The molecule has 0 saturated carbocycles. The molecule has 0 spiro atoms. The van der Waals surface area contributed by atoms with E-state index in [9.17, 15) is 4.79 Å². The van der Waals surface area contributed by atoms with Gasteiger partial charge in [-0.2, -0.15) is 0 Å². The molecule has 4 nitrogen and oxygen atoms in total. The van der Waals surface area contributed by atoms with Gasteiger partial charge in [-0.3, -0.25) is 4.79 Å². The molecule has 0 saturated heterocycles. The van der Waals surface area contributed by atoms with Gasteiger partial charge in [0, 0.05) is 11.8 Å². The van der Waals surface area contributed by atoms with Crippen molar-refractivity contribution in [2.75, 3.05) is 11.9 Å². The molecule has 0 aliphatic rings. The molecule has 112 valence electrons. The highest BCUT2D eigenvalue weighted by Gasteiger charge is 2.15. The molecule has 1 amide bonds. The zero-order valence-corrected chi connectivity index (χ0v) is 12.8. The standard InChI is InChI=1S/C16H26N2O2/c1-11(2)8-15(17)16(19)18-13-6-5-7-14(9-13)20-10-12(3)4/h5-7,9,11-12,15H,8,10,17H2,1-4H3,(H,18,19)/t15-/m1/s1. The largest absolute Gasteiger partial charge is 0.493 e. The number of nitrogens with two attached hydrogens (primary N) is 1. The van der Waals surface area contributed by atoms with Crippen LogP contribution in [0.1, 0.15) is 34.1 Å². The van der Waals surface area contributed by atoms with E-state index in [0.717, 1.165) is 11.4 Å². The van der Waals surface area contributed by atoms with Gasteiger partial charge >= 0.3 is 0 Å². The van der Waals surface area contributed by atoms with E-state index in [1.165, 1.54) is 0 Å². The van der Waals surface area contributed by atoms with Gasteiger partial charge in [0.05, 0.1) is 12.6 Å². The van der Waals surface area contributed by atoms with Crippen molar-refractivity contribution in [1.82, 2.24) is 0 Å². The van der Waals surface area contributed by atoms with Gasteiger partial charge in [0.1, 0.15) is 5.75 Å². The smallest absolute Gasteiger partial charge is 0.241 e. The van der Waals surface area contributed by atoms with Crippen molar-refractivity contribution in [3.63, 3.8) is 0 Å². The first-order chi connectivity index (χ1) is 9.38. The van der Waals surface area contributed by atoms with Crippen molar-refractivity contribution in [1.29, 1.82) is 0 Å². The van der Waals surface area contributed by atoms with Crippen molar-refractivity contribution in [3.05, 3.63) is 24.3 Å². The number of nitrogens with one attached hydrogen (secondary N) is 1. The van der Waals surface area contributed by atoms with Crippen LogP contribution in [0.2, 0.25) is 0 Å². The number of carbonyl (C=O) groups excluding carboxylic acids is 1. The molecular weight excluding hydrogens is 252 g/mol. The lowest BCUT2D eigenvalue weighted by Crippen LogP contribution is -2.36. The minimum Gasteiger partial charge on any atom is -0.493 e. The third kappa shape index (κ3) is 6.06. The molecule has 4 heteroatoms. The summed E-state index contributed by atoms with van der Waals surface area (Å²) in [7, 11) is 0. The van der Waals surface area contributed by atoms with Gasteiger partial charge in [-0.15, -0.1) is 0 Å². The average Bonchev–Trinajstić information content (AvgIpc) is 2.36. The normalized spacial score (nSPS) is 12.6. The van der Waals surface area contributed by atoms with Gasteiger partial charge in [0.2, 0.25) is 5.91 Å². The predicted molar refractivity (Wildman–Crippen MR) is 82.8 cm³/mol. The lowest BCUT2D eigenvalue weighted by atomic mass is 10.0. The Labute approximate surface area is 121 Å². The second-order valence-corrected chi connectivity index (χ2v) is 5.96. The Hall–Kier alpha value is -1.55. The second-order valence-electron chi connectivity index (χ2n) is 5.96. The molecule has 0 fully saturated rings. The molecule has 0 heterocycles. The third-order valence-corrected chi connectivity index (χ3v) is 2.75. The first kappa shape index (κ1) is 16.5. The van der Waals surface area contributed by atoms with Gasteiger partial charge in [-0.05, 0) is 30.4 Å². The van der Waals surface area contributed by atoms with E-state index < -0.39 is 6.04 Å². The summed E-state index contributed by atoms with van der Waals surface area (Å²) in [5, 5.41) is 2.83. The zero-order chi connectivity index (χ0) is 15.1. The van der Waals surface area contributed by atoms with Crippen LogP contribution in [0, 0.1) is 11.8 Å². The molecule has 1 atom stereocenters. The van der Waals surface area contributed by atoms with Gasteiger partial charge in [0.15, 0.2) is 0 Å². The molecule has 1 aromatic rings. The average molecular weight is 278 g/mol. The van der Waals surface area contributed by atoms with E-state index in [-0.39, 0.29) is 5.91 Å². The number of rotatable bonds is 7. The summed E-state index contributed by atoms with van der Waals surface area (Å²) in [6.45, 7) is 8.94. The summed E-state index contributed by atoms with van der Waals surface area (Å²) < 4.78 is 5.63. The van der Waals surface area contributed by atoms with Crippen molar-refractivity contribution < 1.29 is 9.53 Å². The Morgan fingerprint density at radius 3 is 2.55 bits per heavy atom. The molecular formula is C16H26N2O2. The lowest BCUT2D eigenvalue weighted by molar-refractivity contribution is -0.117. The van der Waals surface area contributed by atoms with Gasteiger partial charge in [-0.25, -0.2) is 0 Å². The lowest BCUT2D eigenvalue weighted by Gasteiger charge is -2.15. The second kappa shape index (κ2) is 7.90. The van der Waals surface area contributed by atoms with Crippen LogP contribution in [0.3, 0.4) is 0 Å². The fraction of sp³-hybridized carbons (Fsp3) is 0.562. The number of ether oxygens (including phenoxy) is 1. The SMILES string of the molecule is CC(C)COc1cccc(NC(=O)[C@H](N)CC(C)C)c1. The Kier molecular flexibility index (Phi) is 6.52. The quantitative estimate of drug-likeness (QED) is 0.805. The van der Waals surface area contributed by atoms with Crippen LogP contribution < -0.4 is 15.8 Å². The molecule has 20 heavy (non-hydrogen) atoms. The van der Waals surface area contributed by atoms with E-state index in [2.05, 4.69) is 19.2 Å². The Morgan fingerprint density at radius 1 is 1.25 bits per heavy atom. The molecule has 1 rings (SSSR count). The van der Waals surface area contributed by atoms with Crippen LogP contribution >= 0.6 is 0 Å². The van der Waals surface area contributed by atoms with Crippen LogP contribution in [-0.2, 0) is 4.79 Å². The van der Waals surface area contributed by atoms with E-state index >= 15 is 0 Å². The Balaban J connectivity index is 2.59.